The van der Waals surface area contributed by atoms with Crippen molar-refractivity contribution in [2.45, 2.75) is 64.2 Å². The van der Waals surface area contributed by atoms with Crippen LogP contribution in [0.4, 0.5) is 4.39 Å². The van der Waals surface area contributed by atoms with E-state index in [2.05, 4.69) is 20.1 Å². The molecule has 0 aliphatic heterocycles. The Bertz CT molecular complexity index is 1500. The number of aliphatic hydroxyl groups is 2. The maximum atomic E-state index is 15.4. The molecule has 0 unspecified atom stereocenters. The van der Waals surface area contributed by atoms with Crippen molar-refractivity contribution in [2.75, 3.05) is 26.8 Å². The fraction of sp³-hybridized carbons (Fsp3) is 0.385. The van der Waals surface area contributed by atoms with E-state index >= 15 is 4.39 Å². The molecule has 0 atom stereocenters. The topological polar surface area (TPSA) is 112 Å². The monoisotopic (exact) mass is 660 g/mol. The SMILES string of the molecule is C=C(CO)C(=O)OCOc1cc(OCOC(=O)C(=C)CO)cc(-c2ccc(-c3ccc(C4CCC(CCCCC)CC4)c(F)c3)cc2)c1. The minimum Gasteiger partial charge on any atom is -0.457 e. The summed E-state index contributed by atoms with van der Waals surface area (Å²) in [6, 6.07) is 18.1. The zero-order valence-corrected chi connectivity index (χ0v) is 27.5. The summed E-state index contributed by atoms with van der Waals surface area (Å²) >= 11 is 0. The van der Waals surface area contributed by atoms with Gasteiger partial charge in [-0.1, -0.05) is 82.2 Å². The first-order valence-electron chi connectivity index (χ1n) is 16.4. The molecule has 0 amide bonds. The molecule has 0 bridgehead atoms. The van der Waals surface area contributed by atoms with Gasteiger partial charge in [0.25, 0.3) is 0 Å². The van der Waals surface area contributed by atoms with Gasteiger partial charge in [0.05, 0.1) is 24.4 Å². The van der Waals surface area contributed by atoms with Gasteiger partial charge in [-0.2, -0.15) is 0 Å². The number of carbonyl (C=O) groups is 2. The molecule has 0 radical (unpaired) electrons. The van der Waals surface area contributed by atoms with Gasteiger partial charge in [0.15, 0.2) is 0 Å². The van der Waals surface area contributed by atoms with Crippen molar-refractivity contribution in [3.8, 4) is 33.8 Å². The lowest BCUT2D eigenvalue weighted by Crippen LogP contribution is -2.14. The molecule has 2 N–H and O–H groups in total. The highest BCUT2D eigenvalue weighted by Crippen LogP contribution is 2.40. The van der Waals surface area contributed by atoms with E-state index in [-0.39, 0.29) is 34.4 Å². The Morgan fingerprint density at radius 2 is 1.25 bits per heavy atom. The maximum Gasteiger partial charge on any atom is 0.338 e. The van der Waals surface area contributed by atoms with Gasteiger partial charge in [-0.3, -0.25) is 0 Å². The summed E-state index contributed by atoms with van der Waals surface area (Å²) < 4.78 is 36.6. The van der Waals surface area contributed by atoms with Gasteiger partial charge in [0.2, 0.25) is 13.6 Å². The van der Waals surface area contributed by atoms with Crippen molar-refractivity contribution in [1.29, 1.82) is 0 Å². The maximum absolute atomic E-state index is 15.4. The number of unbranched alkanes of at least 4 members (excludes halogenated alkanes) is 2. The van der Waals surface area contributed by atoms with Crippen LogP contribution in [0.1, 0.15) is 69.8 Å². The minimum absolute atomic E-state index is 0.113. The smallest absolute Gasteiger partial charge is 0.338 e. The first kappa shape index (κ1) is 36.4. The second-order valence-corrected chi connectivity index (χ2v) is 12.1. The van der Waals surface area contributed by atoms with E-state index in [9.17, 15) is 9.59 Å². The number of hydrogen-bond acceptors (Lipinski definition) is 8. The van der Waals surface area contributed by atoms with Crippen LogP contribution < -0.4 is 9.47 Å². The molecule has 256 valence electrons. The van der Waals surface area contributed by atoms with Crippen molar-refractivity contribution in [3.63, 3.8) is 0 Å². The molecule has 1 aliphatic rings. The third-order valence-corrected chi connectivity index (χ3v) is 8.72. The van der Waals surface area contributed by atoms with E-state index in [1.54, 1.807) is 18.2 Å². The average molecular weight is 661 g/mol. The van der Waals surface area contributed by atoms with Gasteiger partial charge in [-0.15, -0.1) is 0 Å². The summed E-state index contributed by atoms with van der Waals surface area (Å²) in [5, 5.41) is 18.1. The Kier molecular flexibility index (Phi) is 13.8. The Hall–Kier alpha value is -4.47. The first-order valence-corrected chi connectivity index (χ1v) is 16.4. The second kappa shape index (κ2) is 18.2. The summed E-state index contributed by atoms with van der Waals surface area (Å²) in [4.78, 5) is 23.7. The number of rotatable bonds is 17. The highest BCUT2D eigenvalue weighted by Gasteiger charge is 2.24. The lowest BCUT2D eigenvalue weighted by molar-refractivity contribution is -0.146. The quantitative estimate of drug-likeness (QED) is 0.0652. The molecule has 48 heavy (non-hydrogen) atoms. The highest BCUT2D eigenvalue weighted by molar-refractivity contribution is 5.88. The number of ether oxygens (including phenoxy) is 4. The van der Waals surface area contributed by atoms with Crippen LogP contribution in [-0.2, 0) is 19.1 Å². The highest BCUT2D eigenvalue weighted by atomic mass is 19.1. The molecule has 4 rings (SSSR count). The molecule has 1 saturated carbocycles. The van der Waals surface area contributed by atoms with E-state index in [1.807, 2.05) is 36.4 Å². The Balaban J connectivity index is 1.46. The predicted octanol–water partition coefficient (Wildman–Crippen LogP) is 7.87. The molecule has 8 nitrogen and oxygen atoms in total. The van der Waals surface area contributed by atoms with Crippen molar-refractivity contribution >= 4 is 11.9 Å². The van der Waals surface area contributed by atoms with Gasteiger partial charge < -0.3 is 29.2 Å². The van der Waals surface area contributed by atoms with Crippen LogP contribution in [0, 0.1) is 11.7 Å². The van der Waals surface area contributed by atoms with Gasteiger partial charge in [-0.25, -0.2) is 14.0 Å². The molecular weight excluding hydrogens is 615 g/mol. The largest absolute Gasteiger partial charge is 0.457 e. The number of aliphatic hydroxyl groups excluding tert-OH is 2. The van der Waals surface area contributed by atoms with Gasteiger partial charge in [0.1, 0.15) is 17.3 Å². The number of carbonyl (C=O) groups excluding carboxylic acids is 2. The summed E-state index contributed by atoms with van der Waals surface area (Å²) in [7, 11) is 0. The van der Waals surface area contributed by atoms with Crippen LogP contribution in [-0.4, -0.2) is 49.0 Å². The molecule has 9 heteroatoms. The number of halogens is 1. The lowest BCUT2D eigenvalue weighted by Gasteiger charge is -2.29. The van der Waals surface area contributed by atoms with Gasteiger partial charge in [0, 0.05) is 6.07 Å². The van der Waals surface area contributed by atoms with Crippen molar-refractivity contribution in [1.82, 2.24) is 0 Å². The fourth-order valence-electron chi connectivity index (χ4n) is 5.88. The first-order chi connectivity index (χ1) is 23.2. The Morgan fingerprint density at radius 3 is 1.75 bits per heavy atom. The van der Waals surface area contributed by atoms with E-state index < -0.39 is 38.7 Å². The van der Waals surface area contributed by atoms with Crippen LogP contribution in [0.3, 0.4) is 0 Å². The van der Waals surface area contributed by atoms with Crippen LogP contribution in [0.2, 0.25) is 0 Å². The van der Waals surface area contributed by atoms with E-state index in [0.29, 0.717) is 5.56 Å². The third-order valence-electron chi connectivity index (χ3n) is 8.72. The van der Waals surface area contributed by atoms with E-state index in [4.69, 9.17) is 29.2 Å². The van der Waals surface area contributed by atoms with Crippen LogP contribution in [0.5, 0.6) is 11.5 Å². The molecule has 3 aromatic carbocycles. The summed E-state index contributed by atoms with van der Waals surface area (Å²) in [5.74, 6) is -0.153. The molecule has 3 aromatic rings. The summed E-state index contributed by atoms with van der Waals surface area (Å²) in [6.45, 7) is 7.09. The molecule has 0 heterocycles. The number of benzene rings is 3. The number of hydrogen-bond donors (Lipinski definition) is 2. The molecular formula is C39H45FO8. The third kappa shape index (κ3) is 10.3. The summed E-state index contributed by atoms with van der Waals surface area (Å²) in [6.07, 6.45) is 9.53. The van der Waals surface area contributed by atoms with Gasteiger partial charge >= 0.3 is 11.9 Å². The standard InChI is InChI=1S/C39H45FO8/c1-4-5-6-7-28-8-10-31(11-9-28)36-17-16-32(20-37(36)40)29-12-14-30(15-13-29)33-18-34(45-24-47-38(43)26(2)22-41)21-35(19-33)46-25-48-39(44)27(3)23-42/h12-21,28,31,41-42H,2-11,22-25H2,1H3. The normalized spacial score (nSPS) is 15.8. The van der Waals surface area contributed by atoms with Crippen LogP contribution in [0.25, 0.3) is 22.3 Å². The van der Waals surface area contributed by atoms with E-state index in [0.717, 1.165) is 41.0 Å². The second-order valence-electron chi connectivity index (χ2n) is 12.1. The van der Waals surface area contributed by atoms with Crippen molar-refractivity contribution in [2.24, 2.45) is 5.92 Å². The molecule has 0 saturated heterocycles. The zero-order chi connectivity index (χ0) is 34.5. The Labute approximate surface area is 281 Å². The Morgan fingerprint density at radius 1 is 0.729 bits per heavy atom. The van der Waals surface area contributed by atoms with E-state index in [1.165, 1.54) is 44.6 Å². The summed E-state index contributed by atoms with van der Waals surface area (Å²) in [5.41, 5.74) is 3.70. The van der Waals surface area contributed by atoms with Crippen molar-refractivity contribution in [3.05, 3.63) is 96.3 Å². The zero-order valence-electron chi connectivity index (χ0n) is 27.5. The fourth-order valence-corrected chi connectivity index (χ4v) is 5.88. The molecule has 0 spiro atoms. The van der Waals surface area contributed by atoms with Gasteiger partial charge in [-0.05, 0) is 83.5 Å². The van der Waals surface area contributed by atoms with Crippen molar-refractivity contribution < 1.29 is 43.1 Å². The molecule has 0 aromatic heterocycles. The molecule has 1 aliphatic carbocycles. The lowest BCUT2D eigenvalue weighted by atomic mass is 9.76. The minimum atomic E-state index is -0.800. The average Bonchev–Trinajstić information content (AvgIpc) is 3.11. The van der Waals surface area contributed by atoms with Crippen LogP contribution >= 0.6 is 0 Å². The van der Waals surface area contributed by atoms with Crippen LogP contribution in [0.15, 0.2) is 85.0 Å². The molecule has 1 fully saturated rings. The predicted molar refractivity (Wildman–Crippen MR) is 182 cm³/mol. The number of esters is 2.